The fourth-order valence-electron chi connectivity index (χ4n) is 13.2. The average molecular weight is 2130 g/mol. The van der Waals surface area contributed by atoms with Crippen LogP contribution in [0.4, 0.5) is 0 Å². The van der Waals surface area contributed by atoms with Crippen LogP contribution in [0.2, 0.25) is 0 Å². The summed E-state index contributed by atoms with van der Waals surface area (Å²) in [7, 11) is 0. The van der Waals surface area contributed by atoms with Gasteiger partial charge in [0.05, 0.1) is 0 Å². The Bertz CT molecular complexity index is 4090. The van der Waals surface area contributed by atoms with Crippen LogP contribution >= 0.6 is 0 Å². The van der Waals surface area contributed by atoms with Gasteiger partial charge in [0.2, 0.25) is 0 Å². The molecule has 526 valence electrons. The molecule has 0 bridgehead atoms. The Morgan fingerprint density at radius 1 is 0.245 bits per heavy atom. The Hall–Kier alpha value is 1.94. The molecule has 10 radical (unpaired) electrons. The normalized spacial score (nSPS) is 10.2. The zero-order valence-electron chi connectivity index (χ0n) is 65.7. The van der Waals surface area contributed by atoms with E-state index >= 15 is 0 Å². The SMILES string of the molecule is C[C-]=Cc1[c-]cc2c(CC)c(C=[C-]C)[c-]cc2c1CC.C[C-]=Cc1[c-]cc2c(CC)c(C=[C-]C)[c-]cc2c1CC.[CH-]=C(C)c1[c-]cc2c(CC)c(C(=[CH-])C)[c-]cc2c1CC.[CH-]=Cc1[c-]cc2c(CC)c(C=[CH-])[c-]cc2c1CC.[CH-]=Cc1[c-]cc2c(CC)c(C=[CH-])[c-]cc2c1CC.[Y].[Y].[Y].[Y].[Y].[Y].[Y].[Y].[Y].[Y]. The number of fused-ring (bicyclic) bond motifs is 5. The molecule has 0 heterocycles. The Kier molecular flexibility index (Phi) is 67.4. The van der Waals surface area contributed by atoms with E-state index in [9.17, 15) is 0 Å². The zero-order chi connectivity index (χ0) is 70.2. The van der Waals surface area contributed by atoms with Gasteiger partial charge in [-0.3, -0.25) is 0 Å². The first kappa shape index (κ1) is 116. The van der Waals surface area contributed by atoms with E-state index in [2.05, 4.69) is 178 Å². The van der Waals surface area contributed by atoms with Crippen molar-refractivity contribution >= 4 is 114 Å². The molecule has 0 aliphatic rings. The first-order valence-corrected chi connectivity index (χ1v) is 34.0. The second kappa shape index (κ2) is 61.3. The maximum absolute atomic E-state index is 5.98. The first-order chi connectivity index (χ1) is 46.6. The minimum atomic E-state index is 0. The molecular weight excluding hydrogens is 2040 g/mol. The molecule has 0 spiro atoms. The van der Waals surface area contributed by atoms with Gasteiger partial charge in [0.25, 0.3) is 0 Å². The van der Waals surface area contributed by atoms with Crippen molar-refractivity contribution < 1.29 is 327 Å². The molecule has 0 atom stereocenters. The van der Waals surface area contributed by atoms with Crippen LogP contribution in [-0.2, 0) is 391 Å². The van der Waals surface area contributed by atoms with Gasteiger partial charge in [-0.15, -0.1) is 41.5 Å². The van der Waals surface area contributed by atoms with Crippen LogP contribution in [0.1, 0.15) is 222 Å². The molecule has 0 amide bonds. The molecule has 10 rings (SSSR count). The van der Waals surface area contributed by atoms with Crippen molar-refractivity contribution in [2.45, 2.75) is 175 Å². The predicted molar refractivity (Wildman–Crippen MR) is 417 cm³/mol. The molecule has 10 aromatic carbocycles. The van der Waals surface area contributed by atoms with Crippen molar-refractivity contribution in [3.63, 3.8) is 0 Å². The monoisotopic (exact) mass is 2130 g/mol. The summed E-state index contributed by atoms with van der Waals surface area (Å²) in [6.45, 7) is 67.7. The molecule has 10 aromatic rings. The maximum Gasteiger partial charge on any atom is 0 e. The molecule has 10 heteroatoms. The quantitative estimate of drug-likeness (QED) is 0.0667. The van der Waals surface area contributed by atoms with Crippen molar-refractivity contribution in [1.82, 2.24) is 0 Å². The van der Waals surface area contributed by atoms with Gasteiger partial charge in [0.15, 0.2) is 0 Å². The third-order valence-electron chi connectivity index (χ3n) is 17.7. The van der Waals surface area contributed by atoms with E-state index in [1.165, 1.54) is 109 Å². The predicted octanol–water partition coefficient (Wildman–Crippen LogP) is 24.6. The summed E-state index contributed by atoms with van der Waals surface area (Å²) >= 11 is 0. The van der Waals surface area contributed by atoms with Crippen LogP contribution in [0.15, 0.2) is 60.7 Å². The van der Waals surface area contributed by atoms with Crippen molar-refractivity contribution in [3.05, 3.63) is 296 Å². The van der Waals surface area contributed by atoms with Gasteiger partial charge in [-0.05, 0) is 0 Å². The molecule has 0 nitrogen and oxygen atoms in total. The molecule has 106 heavy (non-hydrogen) atoms. The van der Waals surface area contributed by atoms with Gasteiger partial charge in [0.1, 0.15) is 0 Å². The van der Waals surface area contributed by atoms with Crippen LogP contribution in [0, 0.1) is 124 Å². The Balaban J connectivity index is -0.000000392. The van der Waals surface area contributed by atoms with Gasteiger partial charge in [-0.2, -0.15) is 115 Å². The molecule has 0 saturated heterocycles. The molecule has 0 unspecified atom stereocenters. The number of hydrogen-bond acceptors (Lipinski definition) is 0. The summed E-state index contributed by atoms with van der Waals surface area (Å²) < 4.78 is 0. The topological polar surface area (TPSA) is 0 Å². The van der Waals surface area contributed by atoms with Crippen LogP contribution in [-0.4, -0.2) is 0 Å². The Morgan fingerprint density at radius 3 is 0.509 bits per heavy atom. The fraction of sp³-hybridized carbons (Fsp3) is 0.271. The standard InChI is InChI=1S/3C20H20.2C18H16.10Y/c1-7-15-17(13(3)4)9-12-20-16(8-2)18(14(5)6)10-11-19(15)20;2*1-5-9-15-11-13-20-18(8-4)16(10-6-2)12-14-19(20)17(15)7-3;2*1-5-13-9-11-18-16(8-4)14(6-2)10-12-17(18)15(13)7-3;;;;;;;;;;/h3,5,11-12H,7-8H2,1-2,4,6H3;2*9-10,13-14H,7-8H2,1-4H3;2*1-2,5-6,11-12H,7-8H2,3-4H3;;;;;;;;;;/q5*-4;;;;;;;;;;. The van der Waals surface area contributed by atoms with E-state index in [0.29, 0.717) is 0 Å². The van der Waals surface area contributed by atoms with Crippen LogP contribution in [0.25, 0.3) is 114 Å². The van der Waals surface area contributed by atoms with Crippen molar-refractivity contribution in [2.24, 2.45) is 0 Å². The summed E-state index contributed by atoms with van der Waals surface area (Å²) in [5, 5.41) is 12.4. The zero-order valence-corrected chi connectivity index (χ0v) is 94.1. The molecule has 0 aromatic heterocycles. The van der Waals surface area contributed by atoms with Gasteiger partial charge in [-0.25, -0.2) is 116 Å². The summed E-state index contributed by atoms with van der Waals surface area (Å²) in [6, 6.07) is 53.9. The van der Waals surface area contributed by atoms with Crippen LogP contribution in [0.3, 0.4) is 0 Å². The van der Waals surface area contributed by atoms with Gasteiger partial charge < -0.3 is 179 Å². The van der Waals surface area contributed by atoms with Crippen molar-refractivity contribution in [1.29, 1.82) is 0 Å². The minimum absolute atomic E-state index is 0. The van der Waals surface area contributed by atoms with E-state index in [4.69, 9.17) is 39.5 Å². The van der Waals surface area contributed by atoms with E-state index in [1.807, 2.05) is 102 Å². The summed E-state index contributed by atoms with van der Waals surface area (Å²) in [5.41, 5.74) is 24.9. The van der Waals surface area contributed by atoms with Gasteiger partial charge >= 0.3 is 0 Å². The van der Waals surface area contributed by atoms with Crippen molar-refractivity contribution in [2.75, 3.05) is 0 Å². The summed E-state index contributed by atoms with van der Waals surface area (Å²) in [5.74, 6) is 0. The third kappa shape index (κ3) is 29.2. The average Bonchev–Trinajstić information content (AvgIpc) is 0.800. The largest absolute Gasteiger partial charge is 0.344 e. The molecule has 0 saturated carbocycles. The number of allylic oxidation sites excluding steroid dienone is 6. The molecular formula is C96H92Y10-20. The van der Waals surface area contributed by atoms with Crippen molar-refractivity contribution in [3.8, 4) is 0 Å². The van der Waals surface area contributed by atoms with Crippen LogP contribution in [0.5, 0.6) is 0 Å². The Labute approximate surface area is 895 Å². The number of benzene rings is 10. The van der Waals surface area contributed by atoms with Gasteiger partial charge in [0, 0.05) is 327 Å². The third-order valence-corrected chi connectivity index (χ3v) is 17.7. The molecule has 0 fully saturated rings. The van der Waals surface area contributed by atoms with E-state index in [1.54, 1.807) is 24.3 Å². The number of rotatable bonds is 20. The summed E-state index contributed by atoms with van der Waals surface area (Å²) in [4.78, 5) is 0. The summed E-state index contributed by atoms with van der Waals surface area (Å²) in [6.07, 6.45) is 36.5. The van der Waals surface area contributed by atoms with E-state index in [0.717, 1.165) is 131 Å². The first-order valence-electron chi connectivity index (χ1n) is 34.0. The number of aryl methyl sites for hydroxylation is 10. The fourth-order valence-corrected chi connectivity index (χ4v) is 13.2. The molecule has 0 N–H and O–H groups in total. The van der Waals surface area contributed by atoms with Crippen LogP contribution < -0.4 is 0 Å². The Morgan fingerprint density at radius 2 is 0.377 bits per heavy atom. The molecule has 0 aliphatic heterocycles. The minimum Gasteiger partial charge on any atom is -0.344 e. The second-order valence-corrected chi connectivity index (χ2v) is 23.2. The number of hydrogen-bond donors (Lipinski definition) is 0. The second-order valence-electron chi connectivity index (χ2n) is 23.2. The van der Waals surface area contributed by atoms with E-state index in [-0.39, 0.29) is 327 Å². The smallest absolute Gasteiger partial charge is 0 e. The maximum atomic E-state index is 5.98. The molecule has 0 aliphatic carbocycles. The van der Waals surface area contributed by atoms with Gasteiger partial charge in [-0.1, -0.05) is 133 Å². The van der Waals surface area contributed by atoms with E-state index < -0.39 is 0 Å².